The second-order valence-corrected chi connectivity index (χ2v) is 6.78. The highest BCUT2D eigenvalue weighted by Crippen LogP contribution is 2.35. The summed E-state index contributed by atoms with van der Waals surface area (Å²) in [6.45, 7) is 0. The molecule has 27 heavy (non-hydrogen) atoms. The maximum Gasteiger partial charge on any atom is 0.416 e. The topological polar surface area (TPSA) is 39.4 Å². The van der Waals surface area contributed by atoms with Crippen LogP contribution in [0.4, 0.5) is 13.2 Å². The van der Waals surface area contributed by atoms with E-state index in [1.54, 1.807) is 30.3 Å². The second kappa shape index (κ2) is 6.42. The first-order valence-corrected chi connectivity index (χ1v) is 8.62. The van der Waals surface area contributed by atoms with Gasteiger partial charge in [0.05, 0.1) is 11.1 Å². The molecule has 0 atom stereocenters. The molecule has 2 aromatic carbocycles. The lowest BCUT2D eigenvalue weighted by Gasteiger charge is -2.07. The van der Waals surface area contributed by atoms with Gasteiger partial charge in [0, 0.05) is 16.1 Å². The number of benzene rings is 2. The molecule has 136 valence electrons. The van der Waals surface area contributed by atoms with Crippen molar-refractivity contribution in [1.82, 2.24) is 0 Å². The first-order valence-electron chi connectivity index (χ1n) is 7.82. The summed E-state index contributed by atoms with van der Waals surface area (Å²) in [6, 6.07) is 13.1. The number of rotatable bonds is 2. The first-order chi connectivity index (χ1) is 12.8. The van der Waals surface area contributed by atoms with Gasteiger partial charge in [-0.15, -0.1) is 0 Å². The Kier molecular flexibility index (Phi) is 4.19. The van der Waals surface area contributed by atoms with Gasteiger partial charge in [0.15, 0.2) is 5.76 Å². The van der Waals surface area contributed by atoms with Crippen molar-refractivity contribution < 1.29 is 27.1 Å². The predicted octanol–water partition coefficient (Wildman–Crippen LogP) is 6.34. The molecule has 0 bridgehead atoms. The summed E-state index contributed by atoms with van der Waals surface area (Å²) >= 11 is 3.30. The summed E-state index contributed by atoms with van der Waals surface area (Å²) in [7, 11) is 0. The molecule has 0 aliphatic carbocycles. The second-order valence-electron chi connectivity index (χ2n) is 5.86. The monoisotopic (exact) mass is 434 g/mol. The summed E-state index contributed by atoms with van der Waals surface area (Å²) < 4.78 is 50.5. The molecule has 0 radical (unpaired) electrons. The van der Waals surface area contributed by atoms with Crippen molar-refractivity contribution in [2.45, 2.75) is 6.18 Å². The van der Waals surface area contributed by atoms with Gasteiger partial charge >= 0.3 is 6.18 Å². The van der Waals surface area contributed by atoms with Crippen LogP contribution in [0.5, 0.6) is 5.75 Å². The van der Waals surface area contributed by atoms with Crippen LogP contribution >= 0.6 is 15.9 Å². The van der Waals surface area contributed by atoms with Crippen LogP contribution in [0, 0.1) is 0 Å². The van der Waals surface area contributed by atoms with Crippen LogP contribution < -0.4 is 4.74 Å². The number of ether oxygens (including phenoxy) is 1. The van der Waals surface area contributed by atoms with Crippen molar-refractivity contribution in [3.63, 3.8) is 0 Å². The van der Waals surface area contributed by atoms with E-state index in [0.717, 1.165) is 16.6 Å². The molecule has 0 N–H and O–H groups in total. The highest BCUT2D eigenvalue weighted by atomic mass is 79.9. The fourth-order valence-electron chi connectivity index (χ4n) is 2.72. The van der Waals surface area contributed by atoms with Crippen molar-refractivity contribution in [1.29, 1.82) is 0 Å². The highest BCUT2D eigenvalue weighted by Gasteiger charge is 2.31. The number of hydrogen-bond acceptors (Lipinski definition) is 3. The van der Waals surface area contributed by atoms with Crippen molar-refractivity contribution in [3.8, 4) is 17.1 Å². The molecule has 2 heterocycles. The largest absolute Gasteiger partial charge is 0.457 e. The van der Waals surface area contributed by atoms with Gasteiger partial charge in [0.25, 0.3) is 0 Å². The van der Waals surface area contributed by atoms with Crippen LogP contribution in [-0.2, 0) is 6.18 Å². The Morgan fingerprint density at radius 2 is 1.81 bits per heavy atom. The van der Waals surface area contributed by atoms with E-state index >= 15 is 0 Å². The fraction of sp³-hybridized carbons (Fsp3) is 0.0500. The Balaban J connectivity index is 1.63. The Morgan fingerprint density at radius 3 is 2.59 bits per heavy atom. The number of carbonyl (C=O) groups is 1. The third kappa shape index (κ3) is 3.42. The molecule has 0 saturated carbocycles. The minimum absolute atomic E-state index is 0.0908. The van der Waals surface area contributed by atoms with Crippen molar-refractivity contribution in [2.75, 3.05) is 0 Å². The summed E-state index contributed by atoms with van der Waals surface area (Å²) in [6.07, 6.45) is -3.01. The van der Waals surface area contributed by atoms with E-state index in [2.05, 4.69) is 15.9 Å². The lowest BCUT2D eigenvalue weighted by Crippen LogP contribution is -2.04. The molecule has 0 fully saturated rings. The molecule has 0 unspecified atom stereocenters. The van der Waals surface area contributed by atoms with Crippen molar-refractivity contribution in [2.24, 2.45) is 0 Å². The number of furan rings is 1. The Bertz CT molecular complexity index is 1080. The summed E-state index contributed by atoms with van der Waals surface area (Å²) in [4.78, 5) is 12.4. The Labute approximate surface area is 160 Å². The van der Waals surface area contributed by atoms with Gasteiger partial charge in [-0.3, -0.25) is 4.79 Å². The van der Waals surface area contributed by atoms with E-state index in [4.69, 9.17) is 9.15 Å². The molecule has 3 aromatic rings. The van der Waals surface area contributed by atoms with Crippen LogP contribution in [0.2, 0.25) is 0 Å². The van der Waals surface area contributed by atoms with Gasteiger partial charge in [-0.1, -0.05) is 28.1 Å². The lowest BCUT2D eigenvalue weighted by molar-refractivity contribution is -0.137. The Morgan fingerprint density at radius 1 is 1.00 bits per heavy atom. The normalized spacial score (nSPS) is 15.1. The van der Waals surface area contributed by atoms with E-state index in [1.807, 2.05) is 0 Å². The number of hydrogen-bond donors (Lipinski definition) is 0. The quantitative estimate of drug-likeness (QED) is 0.441. The SMILES string of the molecule is O=C1C(=Cc2ccc(-c3cccc(C(F)(F)F)c3)o2)Oc2ccc(Br)cc21. The zero-order valence-electron chi connectivity index (χ0n) is 13.5. The molecule has 0 saturated heterocycles. The van der Waals surface area contributed by atoms with Crippen LogP contribution in [0.15, 0.2) is 69.2 Å². The molecule has 0 amide bonds. The first kappa shape index (κ1) is 17.6. The maximum atomic E-state index is 12.9. The highest BCUT2D eigenvalue weighted by molar-refractivity contribution is 9.10. The van der Waals surface area contributed by atoms with Crippen molar-refractivity contribution >= 4 is 27.8 Å². The number of fused-ring (bicyclic) bond motifs is 1. The van der Waals surface area contributed by atoms with Crippen LogP contribution in [-0.4, -0.2) is 5.78 Å². The number of ketones is 1. The van der Waals surface area contributed by atoms with Gasteiger partial charge in [-0.25, -0.2) is 0 Å². The smallest absolute Gasteiger partial charge is 0.416 e. The van der Waals surface area contributed by atoms with Crippen LogP contribution in [0.25, 0.3) is 17.4 Å². The zero-order chi connectivity index (χ0) is 19.2. The van der Waals surface area contributed by atoms with Gasteiger partial charge in [-0.2, -0.15) is 13.2 Å². The molecule has 1 aliphatic rings. The average Bonchev–Trinajstić information content (AvgIpc) is 3.21. The van der Waals surface area contributed by atoms with Crippen molar-refractivity contribution in [3.05, 3.63) is 81.7 Å². The Hall–Kier alpha value is -2.80. The third-order valence-corrected chi connectivity index (χ3v) is 4.50. The molecule has 1 aliphatic heterocycles. The molecule has 1 aromatic heterocycles. The van der Waals surface area contributed by atoms with Gasteiger partial charge in [-0.05, 0) is 42.5 Å². The maximum absolute atomic E-state index is 12.9. The number of alkyl halides is 3. The van der Waals surface area contributed by atoms with Gasteiger partial charge in [0.1, 0.15) is 17.3 Å². The number of allylic oxidation sites excluding steroid dienone is 1. The molecule has 7 heteroatoms. The minimum atomic E-state index is -4.43. The third-order valence-electron chi connectivity index (χ3n) is 4.00. The van der Waals surface area contributed by atoms with Gasteiger partial charge in [0.2, 0.25) is 5.78 Å². The lowest BCUT2D eigenvalue weighted by atomic mass is 10.1. The van der Waals surface area contributed by atoms with E-state index in [-0.39, 0.29) is 17.3 Å². The predicted molar refractivity (Wildman–Crippen MR) is 96.2 cm³/mol. The van der Waals surface area contributed by atoms with E-state index in [1.165, 1.54) is 18.2 Å². The van der Waals surface area contributed by atoms with Crippen LogP contribution in [0.3, 0.4) is 0 Å². The molecule has 3 nitrogen and oxygen atoms in total. The number of carbonyl (C=O) groups excluding carboxylic acids is 1. The molecule has 0 spiro atoms. The summed E-state index contributed by atoms with van der Waals surface area (Å²) in [5.41, 5.74) is -0.0349. The molecule has 4 rings (SSSR count). The van der Waals surface area contributed by atoms with E-state index < -0.39 is 11.7 Å². The van der Waals surface area contributed by atoms with E-state index in [9.17, 15) is 18.0 Å². The fourth-order valence-corrected chi connectivity index (χ4v) is 3.09. The minimum Gasteiger partial charge on any atom is -0.457 e. The van der Waals surface area contributed by atoms with Crippen LogP contribution in [0.1, 0.15) is 21.7 Å². The number of Topliss-reactive ketones (excluding diaryl/α,β-unsaturated/α-hetero) is 1. The summed E-state index contributed by atoms with van der Waals surface area (Å²) in [5, 5.41) is 0. The number of halogens is 4. The molecular formula is C20H10BrF3O3. The van der Waals surface area contributed by atoms with E-state index in [0.29, 0.717) is 22.6 Å². The summed E-state index contributed by atoms with van der Waals surface area (Å²) in [5.74, 6) is 0.812. The average molecular weight is 435 g/mol. The molecular weight excluding hydrogens is 425 g/mol. The van der Waals surface area contributed by atoms with Gasteiger partial charge < -0.3 is 9.15 Å². The standard InChI is InChI=1S/C20H10BrF3O3/c21-13-4-6-17-15(9-13)19(25)18(27-17)10-14-5-7-16(26-14)11-2-1-3-12(8-11)20(22,23)24/h1-10H. The zero-order valence-corrected chi connectivity index (χ0v) is 15.1.